The van der Waals surface area contributed by atoms with E-state index in [1.807, 2.05) is 36.4 Å². The Morgan fingerprint density at radius 2 is 1.72 bits per heavy atom. The van der Waals surface area contributed by atoms with Gasteiger partial charge in [-0.25, -0.2) is 0 Å². The average Bonchev–Trinajstić information content (AvgIpc) is 3.17. The quantitative estimate of drug-likeness (QED) is 0.402. The molecule has 0 amide bonds. The number of benzene rings is 2. The number of pyridine rings is 1. The van der Waals surface area contributed by atoms with Crippen LogP contribution >= 0.6 is 0 Å². The topological polar surface area (TPSA) is 58.7 Å². The summed E-state index contributed by atoms with van der Waals surface area (Å²) in [6.07, 6.45) is 6.01. The van der Waals surface area contributed by atoms with Gasteiger partial charge in [-0.3, -0.25) is 4.40 Å². The molecule has 1 saturated carbocycles. The third-order valence-electron chi connectivity index (χ3n) is 6.54. The molecular weight excluding hydrogens is 398 g/mol. The Labute approximate surface area is 188 Å². The molecule has 32 heavy (non-hydrogen) atoms. The first-order valence-corrected chi connectivity index (χ1v) is 11.2. The van der Waals surface area contributed by atoms with Gasteiger partial charge in [-0.05, 0) is 36.4 Å². The lowest BCUT2D eigenvalue weighted by molar-refractivity contribution is 0.356. The molecule has 162 valence electrons. The zero-order chi connectivity index (χ0) is 22.1. The van der Waals surface area contributed by atoms with Crippen LogP contribution in [0.2, 0.25) is 0 Å². The van der Waals surface area contributed by atoms with Crippen LogP contribution in [0, 0.1) is 11.3 Å². The van der Waals surface area contributed by atoms with Crippen molar-refractivity contribution in [2.24, 2.45) is 0 Å². The van der Waals surface area contributed by atoms with Gasteiger partial charge < -0.3 is 14.8 Å². The number of ether oxygens (including phenoxy) is 2. The molecule has 2 aromatic carbocycles. The van der Waals surface area contributed by atoms with Crippen LogP contribution in [0.5, 0.6) is 11.5 Å². The van der Waals surface area contributed by atoms with Crippen LogP contribution in [0.4, 0.5) is 5.82 Å². The van der Waals surface area contributed by atoms with Crippen LogP contribution in [0.25, 0.3) is 27.5 Å². The van der Waals surface area contributed by atoms with Crippen LogP contribution < -0.4 is 14.8 Å². The third-order valence-corrected chi connectivity index (χ3v) is 6.54. The maximum Gasteiger partial charge on any atom is 0.168 e. The van der Waals surface area contributed by atoms with Gasteiger partial charge in [-0.1, -0.05) is 55.7 Å². The van der Waals surface area contributed by atoms with Gasteiger partial charge in [0.2, 0.25) is 0 Å². The number of nitrogens with one attached hydrogen (secondary N) is 1. The summed E-state index contributed by atoms with van der Waals surface area (Å²) < 4.78 is 13.6. The fourth-order valence-electron chi connectivity index (χ4n) is 5.04. The van der Waals surface area contributed by atoms with Gasteiger partial charge in [0.1, 0.15) is 11.9 Å². The Balaban J connectivity index is 1.87. The Kier molecular flexibility index (Phi) is 5.36. The SMILES string of the molecule is COc1cccc(-c2c(C#N)c3ccc4ccccc4n3c2NC2CCCCC2)c1OC. The number of nitrogens with zero attached hydrogens (tertiary/aromatic N) is 2. The molecule has 1 N–H and O–H groups in total. The van der Waals surface area contributed by atoms with E-state index in [2.05, 4.69) is 34.0 Å². The number of fused-ring (bicyclic) bond motifs is 3. The number of rotatable bonds is 5. The van der Waals surface area contributed by atoms with Crippen molar-refractivity contribution in [3.05, 3.63) is 60.2 Å². The molecule has 1 fully saturated rings. The van der Waals surface area contributed by atoms with Gasteiger partial charge in [-0.2, -0.15) is 5.26 Å². The van der Waals surface area contributed by atoms with Crippen LogP contribution in [0.3, 0.4) is 0 Å². The molecule has 5 nitrogen and oxygen atoms in total. The Morgan fingerprint density at radius 3 is 2.47 bits per heavy atom. The summed E-state index contributed by atoms with van der Waals surface area (Å²) in [7, 11) is 3.28. The molecule has 0 spiro atoms. The summed E-state index contributed by atoms with van der Waals surface area (Å²) in [4.78, 5) is 0. The molecule has 0 aliphatic heterocycles. The molecule has 1 aliphatic carbocycles. The van der Waals surface area contributed by atoms with Crippen molar-refractivity contribution in [3.63, 3.8) is 0 Å². The lowest BCUT2D eigenvalue weighted by atomic mass is 9.95. The smallest absolute Gasteiger partial charge is 0.168 e. The fraction of sp³-hybridized carbons (Fsp3) is 0.296. The molecule has 0 bridgehead atoms. The normalized spacial score (nSPS) is 14.4. The first-order chi connectivity index (χ1) is 15.8. The predicted octanol–water partition coefficient (Wildman–Crippen LogP) is 6.39. The fourth-order valence-corrected chi connectivity index (χ4v) is 5.04. The van der Waals surface area contributed by atoms with E-state index in [9.17, 15) is 5.26 Å². The zero-order valence-electron chi connectivity index (χ0n) is 18.5. The average molecular weight is 426 g/mol. The van der Waals surface area contributed by atoms with E-state index in [0.29, 0.717) is 23.1 Å². The number of methoxy groups -OCH3 is 2. The van der Waals surface area contributed by atoms with Crippen molar-refractivity contribution >= 4 is 22.2 Å². The second kappa shape index (κ2) is 8.47. The highest BCUT2D eigenvalue weighted by molar-refractivity contribution is 5.98. The lowest BCUT2D eigenvalue weighted by Crippen LogP contribution is -2.23. The lowest BCUT2D eigenvalue weighted by Gasteiger charge is -2.25. The van der Waals surface area contributed by atoms with Crippen molar-refractivity contribution in [2.75, 3.05) is 19.5 Å². The molecule has 2 aromatic heterocycles. The second-order valence-electron chi connectivity index (χ2n) is 8.34. The highest BCUT2D eigenvalue weighted by Crippen LogP contribution is 2.46. The maximum absolute atomic E-state index is 10.3. The van der Waals surface area contributed by atoms with E-state index in [1.165, 1.54) is 19.3 Å². The molecule has 1 aliphatic rings. The molecule has 0 unspecified atom stereocenters. The second-order valence-corrected chi connectivity index (χ2v) is 8.34. The van der Waals surface area contributed by atoms with Gasteiger partial charge in [-0.15, -0.1) is 0 Å². The monoisotopic (exact) mass is 425 g/mol. The van der Waals surface area contributed by atoms with Crippen molar-refractivity contribution in [1.29, 1.82) is 5.26 Å². The summed E-state index contributed by atoms with van der Waals surface area (Å²) >= 11 is 0. The molecule has 0 radical (unpaired) electrons. The highest BCUT2D eigenvalue weighted by atomic mass is 16.5. The Bertz CT molecular complexity index is 1330. The minimum atomic E-state index is 0.378. The van der Waals surface area contributed by atoms with Crippen LogP contribution in [0.1, 0.15) is 37.7 Å². The molecule has 2 heterocycles. The first-order valence-electron chi connectivity index (χ1n) is 11.2. The van der Waals surface area contributed by atoms with E-state index in [0.717, 1.165) is 46.2 Å². The number of para-hydroxylation sites is 2. The number of aromatic nitrogens is 1. The maximum atomic E-state index is 10.3. The van der Waals surface area contributed by atoms with Crippen molar-refractivity contribution < 1.29 is 9.47 Å². The van der Waals surface area contributed by atoms with E-state index in [1.54, 1.807) is 14.2 Å². The number of hydrogen-bond acceptors (Lipinski definition) is 4. The summed E-state index contributed by atoms with van der Waals surface area (Å²) in [5, 5.41) is 15.3. The summed E-state index contributed by atoms with van der Waals surface area (Å²) in [5.41, 5.74) is 4.33. The summed E-state index contributed by atoms with van der Waals surface area (Å²) in [6, 6.07) is 21.1. The first kappa shape index (κ1) is 20.3. The predicted molar refractivity (Wildman–Crippen MR) is 129 cm³/mol. The van der Waals surface area contributed by atoms with Crippen molar-refractivity contribution in [2.45, 2.75) is 38.1 Å². The summed E-state index contributed by atoms with van der Waals surface area (Å²) in [6.45, 7) is 0. The summed E-state index contributed by atoms with van der Waals surface area (Å²) in [5.74, 6) is 2.24. The van der Waals surface area contributed by atoms with Gasteiger partial charge in [0.25, 0.3) is 0 Å². The number of anilines is 1. The Morgan fingerprint density at radius 1 is 0.906 bits per heavy atom. The third kappa shape index (κ3) is 3.23. The van der Waals surface area contributed by atoms with Gasteiger partial charge >= 0.3 is 0 Å². The highest BCUT2D eigenvalue weighted by Gasteiger charge is 2.27. The minimum absolute atomic E-state index is 0.378. The molecule has 0 saturated heterocycles. The van der Waals surface area contributed by atoms with E-state index in [-0.39, 0.29) is 0 Å². The molecule has 5 rings (SSSR count). The number of hydrogen-bond donors (Lipinski definition) is 1. The van der Waals surface area contributed by atoms with Gasteiger partial charge in [0.15, 0.2) is 11.5 Å². The molecule has 4 aromatic rings. The van der Waals surface area contributed by atoms with E-state index >= 15 is 0 Å². The zero-order valence-corrected chi connectivity index (χ0v) is 18.5. The molecular formula is C27H27N3O2. The van der Waals surface area contributed by atoms with Crippen LogP contribution in [-0.2, 0) is 0 Å². The standard InChI is InChI=1S/C27H27N3O2/c1-31-24-14-8-12-20(26(24)32-2)25-21(17-28)23-16-15-18-9-6-7-13-22(18)30(23)27(25)29-19-10-4-3-5-11-19/h6-9,12-16,19,29H,3-5,10-11H2,1-2H3. The van der Waals surface area contributed by atoms with E-state index in [4.69, 9.17) is 9.47 Å². The van der Waals surface area contributed by atoms with Crippen LogP contribution in [0.15, 0.2) is 54.6 Å². The van der Waals surface area contributed by atoms with Gasteiger partial charge in [0.05, 0.1) is 30.8 Å². The molecule has 5 heteroatoms. The van der Waals surface area contributed by atoms with Crippen molar-refractivity contribution in [1.82, 2.24) is 4.40 Å². The largest absolute Gasteiger partial charge is 0.493 e. The minimum Gasteiger partial charge on any atom is -0.493 e. The molecule has 0 atom stereocenters. The number of nitriles is 1. The Hall–Kier alpha value is -3.65. The van der Waals surface area contributed by atoms with Gasteiger partial charge in [0, 0.05) is 17.2 Å². The van der Waals surface area contributed by atoms with Crippen molar-refractivity contribution in [3.8, 4) is 28.7 Å². The van der Waals surface area contributed by atoms with Crippen LogP contribution in [-0.4, -0.2) is 24.7 Å². The van der Waals surface area contributed by atoms with E-state index < -0.39 is 0 Å².